The Hall–Kier alpha value is -3.36. The topological polar surface area (TPSA) is 47.9 Å². The molecule has 2 aromatic rings. The van der Waals surface area contributed by atoms with Gasteiger partial charge in [0.2, 0.25) is 5.90 Å². The van der Waals surface area contributed by atoms with Crippen LogP contribution in [-0.2, 0) is 20.9 Å². The lowest BCUT2D eigenvalue weighted by Crippen LogP contribution is -2.04. The second-order valence-corrected chi connectivity index (χ2v) is 6.63. The molecule has 0 atom stereocenters. The van der Waals surface area contributed by atoms with Gasteiger partial charge in [-0.05, 0) is 48.1 Å². The second-order valence-electron chi connectivity index (χ2n) is 5.65. The number of nitrogens with zero attached hydrogens (tertiary/aromatic N) is 1. The lowest BCUT2D eigenvalue weighted by Gasteiger charge is -2.05. The predicted molar refractivity (Wildman–Crippen MR) is 108 cm³/mol. The molecule has 1 aromatic carbocycles. The van der Waals surface area contributed by atoms with E-state index in [1.807, 2.05) is 47.8 Å². The Labute approximate surface area is 162 Å². The van der Waals surface area contributed by atoms with Crippen molar-refractivity contribution in [1.29, 1.82) is 0 Å². The van der Waals surface area contributed by atoms with Crippen LogP contribution in [0.1, 0.15) is 17.4 Å². The number of hydrogen-bond acceptors (Lipinski definition) is 5. The van der Waals surface area contributed by atoms with Gasteiger partial charge >= 0.3 is 5.97 Å². The van der Waals surface area contributed by atoms with E-state index in [4.69, 9.17) is 15.9 Å². The van der Waals surface area contributed by atoms with Crippen LogP contribution in [0.15, 0.2) is 82.0 Å². The molecule has 2 heterocycles. The van der Waals surface area contributed by atoms with E-state index in [1.165, 1.54) is 11.3 Å². The van der Waals surface area contributed by atoms with Gasteiger partial charge in [-0.25, -0.2) is 9.79 Å². The summed E-state index contributed by atoms with van der Waals surface area (Å²) < 4.78 is 10.9. The number of terminal acetylenes is 1. The third kappa shape index (κ3) is 5.06. The van der Waals surface area contributed by atoms with Gasteiger partial charge in [-0.3, -0.25) is 0 Å². The molecule has 0 saturated carbocycles. The van der Waals surface area contributed by atoms with Crippen molar-refractivity contribution in [2.75, 3.05) is 0 Å². The molecule has 134 valence electrons. The Morgan fingerprint density at radius 3 is 2.78 bits per heavy atom. The first kappa shape index (κ1) is 18.4. The minimum absolute atomic E-state index is 0.262. The van der Waals surface area contributed by atoms with Crippen molar-refractivity contribution in [3.63, 3.8) is 0 Å². The van der Waals surface area contributed by atoms with Crippen LogP contribution in [0, 0.1) is 12.3 Å². The number of thiophene rings is 1. The zero-order valence-corrected chi connectivity index (χ0v) is 15.5. The molecule has 4 nitrogen and oxygen atoms in total. The van der Waals surface area contributed by atoms with Crippen molar-refractivity contribution in [2.45, 2.75) is 13.5 Å². The SMILES string of the molecule is C#C/C(=C\C=C(/C)C1=N/C(=C/c2cccs2)C(=O)O1)OCc1ccccc1. The Kier molecular flexibility index (Phi) is 6.03. The predicted octanol–water partition coefficient (Wildman–Crippen LogP) is 4.72. The zero-order chi connectivity index (χ0) is 19.1. The van der Waals surface area contributed by atoms with E-state index in [2.05, 4.69) is 10.9 Å². The van der Waals surface area contributed by atoms with Gasteiger partial charge in [0, 0.05) is 10.5 Å². The molecule has 27 heavy (non-hydrogen) atoms. The molecule has 0 amide bonds. The first-order chi connectivity index (χ1) is 13.2. The summed E-state index contributed by atoms with van der Waals surface area (Å²) in [5.74, 6) is 2.69. The molecule has 0 aliphatic carbocycles. The molecule has 5 heteroatoms. The van der Waals surface area contributed by atoms with Crippen LogP contribution in [-0.4, -0.2) is 11.9 Å². The third-order valence-electron chi connectivity index (χ3n) is 3.64. The molecule has 3 rings (SSSR count). The number of aliphatic imine (C=N–C) groups is 1. The second kappa shape index (κ2) is 8.84. The highest BCUT2D eigenvalue weighted by atomic mass is 32.1. The van der Waals surface area contributed by atoms with Gasteiger partial charge in [0.1, 0.15) is 6.61 Å². The zero-order valence-electron chi connectivity index (χ0n) is 14.7. The Morgan fingerprint density at radius 2 is 2.07 bits per heavy atom. The van der Waals surface area contributed by atoms with E-state index in [9.17, 15) is 4.79 Å². The van der Waals surface area contributed by atoms with Crippen LogP contribution in [0.3, 0.4) is 0 Å². The largest absolute Gasteiger partial charge is 0.481 e. The summed E-state index contributed by atoms with van der Waals surface area (Å²) in [6, 6.07) is 13.6. The van der Waals surface area contributed by atoms with E-state index in [-0.39, 0.29) is 11.6 Å². The van der Waals surface area contributed by atoms with Crippen LogP contribution in [0.4, 0.5) is 0 Å². The molecule has 0 saturated heterocycles. The van der Waals surface area contributed by atoms with Crippen molar-refractivity contribution in [1.82, 2.24) is 0 Å². The highest BCUT2D eigenvalue weighted by molar-refractivity contribution is 7.10. The van der Waals surface area contributed by atoms with Crippen LogP contribution in [0.5, 0.6) is 0 Å². The Balaban J connectivity index is 1.69. The standard InChI is InChI=1S/C22H17NO3S/c1-3-18(25-15-17-8-5-4-6-9-17)12-11-16(2)21-23-20(22(24)26-21)14-19-10-7-13-27-19/h1,4-14H,15H2,2H3/b16-11+,18-12+,20-14+. The van der Waals surface area contributed by atoms with Gasteiger partial charge < -0.3 is 9.47 Å². The quantitative estimate of drug-likeness (QED) is 0.241. The molecular formula is C22H17NO3S. The van der Waals surface area contributed by atoms with Gasteiger partial charge in [-0.2, -0.15) is 0 Å². The molecule has 0 fully saturated rings. The Bertz CT molecular complexity index is 974. The fraction of sp³-hybridized carbons (Fsp3) is 0.0909. The number of hydrogen-bond donors (Lipinski definition) is 0. The average Bonchev–Trinajstić information content (AvgIpc) is 3.33. The number of ether oxygens (including phenoxy) is 2. The molecule has 1 aromatic heterocycles. The summed E-state index contributed by atoms with van der Waals surface area (Å²) in [5, 5.41) is 1.93. The Morgan fingerprint density at radius 1 is 1.26 bits per heavy atom. The summed E-state index contributed by atoms with van der Waals surface area (Å²) in [7, 11) is 0. The number of allylic oxidation sites excluding steroid dienone is 3. The molecule has 0 spiro atoms. The average molecular weight is 375 g/mol. The van der Waals surface area contributed by atoms with E-state index < -0.39 is 5.97 Å². The smallest absolute Gasteiger partial charge is 0.363 e. The van der Waals surface area contributed by atoms with Crippen molar-refractivity contribution in [3.05, 3.63) is 87.5 Å². The monoisotopic (exact) mass is 375 g/mol. The minimum atomic E-state index is -0.465. The maximum atomic E-state index is 12.0. The summed E-state index contributed by atoms with van der Waals surface area (Å²) in [4.78, 5) is 17.2. The number of carbonyl (C=O) groups excluding carboxylic acids is 1. The summed E-state index contributed by atoms with van der Waals surface area (Å²) in [6.45, 7) is 2.18. The first-order valence-corrected chi connectivity index (χ1v) is 9.12. The summed E-state index contributed by atoms with van der Waals surface area (Å²) in [6.07, 6.45) is 10.6. The third-order valence-corrected chi connectivity index (χ3v) is 4.46. The molecule has 0 unspecified atom stereocenters. The molecular weight excluding hydrogens is 358 g/mol. The van der Waals surface area contributed by atoms with Gasteiger partial charge in [0.15, 0.2) is 11.5 Å². The van der Waals surface area contributed by atoms with Crippen LogP contribution >= 0.6 is 11.3 Å². The maximum absolute atomic E-state index is 12.0. The number of esters is 1. The van der Waals surface area contributed by atoms with Crippen molar-refractivity contribution < 1.29 is 14.3 Å². The summed E-state index contributed by atoms with van der Waals surface area (Å²) >= 11 is 1.53. The minimum Gasteiger partial charge on any atom is -0.481 e. The highest BCUT2D eigenvalue weighted by Gasteiger charge is 2.23. The van der Waals surface area contributed by atoms with Gasteiger partial charge in [0.25, 0.3) is 0 Å². The maximum Gasteiger partial charge on any atom is 0.363 e. The number of benzene rings is 1. The summed E-state index contributed by atoms with van der Waals surface area (Å²) in [5.41, 5.74) is 1.98. The van der Waals surface area contributed by atoms with Crippen molar-refractivity contribution in [2.24, 2.45) is 4.99 Å². The molecule has 0 radical (unpaired) electrons. The number of rotatable bonds is 6. The van der Waals surface area contributed by atoms with Crippen LogP contribution in [0.25, 0.3) is 6.08 Å². The first-order valence-electron chi connectivity index (χ1n) is 8.24. The fourth-order valence-electron chi connectivity index (χ4n) is 2.23. The van der Waals surface area contributed by atoms with Gasteiger partial charge in [-0.1, -0.05) is 36.4 Å². The van der Waals surface area contributed by atoms with Crippen LogP contribution in [0.2, 0.25) is 0 Å². The van der Waals surface area contributed by atoms with E-state index in [0.29, 0.717) is 17.9 Å². The van der Waals surface area contributed by atoms with Gasteiger partial charge in [-0.15, -0.1) is 17.8 Å². The fourth-order valence-corrected chi connectivity index (χ4v) is 2.88. The van der Waals surface area contributed by atoms with Crippen molar-refractivity contribution in [3.8, 4) is 12.3 Å². The lowest BCUT2D eigenvalue weighted by atomic mass is 10.2. The lowest BCUT2D eigenvalue weighted by molar-refractivity contribution is -0.129. The molecule has 1 aliphatic rings. The van der Waals surface area contributed by atoms with E-state index >= 15 is 0 Å². The number of cyclic esters (lactones) is 1. The van der Waals surface area contributed by atoms with E-state index in [1.54, 1.807) is 25.2 Å². The van der Waals surface area contributed by atoms with Gasteiger partial charge in [0.05, 0.1) is 0 Å². The molecule has 0 N–H and O–H groups in total. The van der Waals surface area contributed by atoms with E-state index in [0.717, 1.165) is 10.4 Å². The molecule has 1 aliphatic heterocycles. The molecule has 0 bridgehead atoms. The van der Waals surface area contributed by atoms with Crippen molar-refractivity contribution >= 4 is 29.3 Å². The normalized spacial score (nSPS) is 16.1. The van der Waals surface area contributed by atoms with Crippen LogP contribution < -0.4 is 0 Å². The number of carbonyl (C=O) groups is 1. The highest BCUT2D eigenvalue weighted by Crippen LogP contribution is 2.21.